The minimum atomic E-state index is -0.171. The number of carbonyl (C=O) groups excluding carboxylic acids is 1. The first-order valence-electron chi connectivity index (χ1n) is 6.06. The van der Waals surface area contributed by atoms with Gasteiger partial charge in [-0.3, -0.25) is 9.59 Å². The van der Waals surface area contributed by atoms with Crippen LogP contribution in [0.4, 0.5) is 0 Å². The predicted octanol–water partition coefficient (Wildman–Crippen LogP) is 1.01. The number of rotatable bonds is 2. The molecule has 1 aromatic rings. The van der Waals surface area contributed by atoms with Crippen molar-refractivity contribution in [3.8, 4) is 0 Å². The molecule has 2 heterocycles. The summed E-state index contributed by atoms with van der Waals surface area (Å²) in [4.78, 5) is 25.6. The molecule has 0 aliphatic carbocycles. The Bertz CT molecular complexity index is 492. The summed E-state index contributed by atoms with van der Waals surface area (Å²) in [6.45, 7) is 5.26. The molecule has 0 spiro atoms. The van der Waals surface area contributed by atoms with Gasteiger partial charge in [0.1, 0.15) is 5.69 Å². The summed E-state index contributed by atoms with van der Waals surface area (Å²) in [5, 5.41) is 4.15. The van der Waals surface area contributed by atoms with Crippen molar-refractivity contribution < 1.29 is 4.79 Å². The first kappa shape index (κ1) is 13.1. The average molecular weight is 267 g/mol. The van der Waals surface area contributed by atoms with E-state index in [0.717, 1.165) is 24.6 Å². The summed E-state index contributed by atoms with van der Waals surface area (Å²) >= 11 is 1.85. The van der Waals surface area contributed by atoms with Gasteiger partial charge in [0.15, 0.2) is 0 Å². The second-order valence-corrected chi connectivity index (χ2v) is 5.72. The standard InChI is InChI=1S/C12H17N3O2S/c1-9(2)15-11(16)4-3-10(13-15)12(17)14-5-7-18-8-6-14/h3-4,9H,5-8H2,1-2H3. The molecule has 0 bridgehead atoms. The molecule has 1 fully saturated rings. The van der Waals surface area contributed by atoms with Crippen molar-refractivity contribution in [2.45, 2.75) is 19.9 Å². The van der Waals surface area contributed by atoms with E-state index >= 15 is 0 Å². The van der Waals surface area contributed by atoms with Gasteiger partial charge >= 0.3 is 0 Å². The molecule has 6 heteroatoms. The summed E-state index contributed by atoms with van der Waals surface area (Å²) < 4.78 is 1.35. The number of carbonyl (C=O) groups is 1. The lowest BCUT2D eigenvalue weighted by atomic mass is 10.3. The van der Waals surface area contributed by atoms with Gasteiger partial charge in [-0.2, -0.15) is 16.9 Å². The Morgan fingerprint density at radius 3 is 2.61 bits per heavy atom. The maximum atomic E-state index is 12.2. The molecule has 1 aromatic heterocycles. The van der Waals surface area contributed by atoms with E-state index in [4.69, 9.17) is 0 Å². The lowest BCUT2D eigenvalue weighted by Crippen LogP contribution is -2.39. The van der Waals surface area contributed by atoms with Gasteiger partial charge in [-0.1, -0.05) is 0 Å². The molecule has 0 saturated carbocycles. The molecule has 5 nitrogen and oxygen atoms in total. The van der Waals surface area contributed by atoms with Gasteiger partial charge in [-0.25, -0.2) is 4.68 Å². The Morgan fingerprint density at radius 2 is 2.00 bits per heavy atom. The molecule has 1 saturated heterocycles. The van der Waals surface area contributed by atoms with Crippen LogP contribution in [-0.2, 0) is 0 Å². The topological polar surface area (TPSA) is 55.2 Å². The number of amides is 1. The molecule has 1 aliphatic rings. The molecular weight excluding hydrogens is 250 g/mol. The minimum Gasteiger partial charge on any atom is -0.336 e. The lowest BCUT2D eigenvalue weighted by Gasteiger charge is -2.26. The molecule has 2 rings (SSSR count). The SMILES string of the molecule is CC(C)n1nc(C(=O)N2CCSCC2)ccc1=O. The highest BCUT2D eigenvalue weighted by molar-refractivity contribution is 7.99. The quantitative estimate of drug-likeness (QED) is 0.802. The molecule has 18 heavy (non-hydrogen) atoms. The van der Waals surface area contributed by atoms with Crippen molar-refractivity contribution in [3.63, 3.8) is 0 Å². The second-order valence-electron chi connectivity index (χ2n) is 4.50. The zero-order valence-electron chi connectivity index (χ0n) is 10.6. The molecule has 98 valence electrons. The number of nitrogens with zero attached hydrogens (tertiary/aromatic N) is 3. The Balaban J connectivity index is 2.25. The Morgan fingerprint density at radius 1 is 1.33 bits per heavy atom. The Labute approximate surface area is 110 Å². The smallest absolute Gasteiger partial charge is 0.274 e. The monoisotopic (exact) mass is 267 g/mol. The highest BCUT2D eigenvalue weighted by Crippen LogP contribution is 2.11. The van der Waals surface area contributed by atoms with Crippen LogP contribution in [0.2, 0.25) is 0 Å². The minimum absolute atomic E-state index is 0.0397. The van der Waals surface area contributed by atoms with Crippen LogP contribution < -0.4 is 5.56 Å². The lowest BCUT2D eigenvalue weighted by molar-refractivity contribution is 0.0763. The van der Waals surface area contributed by atoms with E-state index in [1.54, 1.807) is 4.90 Å². The van der Waals surface area contributed by atoms with E-state index in [2.05, 4.69) is 5.10 Å². The van der Waals surface area contributed by atoms with Crippen LogP contribution >= 0.6 is 11.8 Å². The third kappa shape index (κ3) is 2.75. The third-order valence-electron chi connectivity index (χ3n) is 2.83. The van der Waals surface area contributed by atoms with Gasteiger partial charge in [0, 0.05) is 30.7 Å². The number of aromatic nitrogens is 2. The van der Waals surface area contributed by atoms with Gasteiger partial charge in [0.05, 0.1) is 6.04 Å². The maximum Gasteiger partial charge on any atom is 0.274 e. The van der Waals surface area contributed by atoms with Crippen molar-refractivity contribution in [3.05, 3.63) is 28.2 Å². The summed E-state index contributed by atoms with van der Waals surface area (Å²) in [5.74, 6) is 1.86. The van der Waals surface area contributed by atoms with E-state index in [1.165, 1.54) is 16.8 Å². The number of hydrogen-bond donors (Lipinski definition) is 0. The zero-order valence-corrected chi connectivity index (χ0v) is 11.4. The van der Waals surface area contributed by atoms with E-state index in [-0.39, 0.29) is 17.5 Å². The van der Waals surface area contributed by atoms with Crippen LogP contribution in [0.25, 0.3) is 0 Å². The summed E-state index contributed by atoms with van der Waals surface area (Å²) in [7, 11) is 0. The van der Waals surface area contributed by atoms with E-state index < -0.39 is 0 Å². The van der Waals surface area contributed by atoms with Crippen LogP contribution in [0.5, 0.6) is 0 Å². The van der Waals surface area contributed by atoms with Crippen LogP contribution in [0, 0.1) is 0 Å². The summed E-state index contributed by atoms with van der Waals surface area (Å²) in [5.41, 5.74) is 0.186. The molecule has 0 aromatic carbocycles. The van der Waals surface area contributed by atoms with Gasteiger partial charge in [0.2, 0.25) is 0 Å². The molecule has 0 radical (unpaired) electrons. The van der Waals surface area contributed by atoms with Crippen molar-refractivity contribution in [1.82, 2.24) is 14.7 Å². The summed E-state index contributed by atoms with van der Waals surface area (Å²) in [6, 6.07) is 2.90. The van der Waals surface area contributed by atoms with Gasteiger partial charge in [0.25, 0.3) is 11.5 Å². The van der Waals surface area contributed by atoms with Crippen LogP contribution in [-0.4, -0.2) is 45.2 Å². The van der Waals surface area contributed by atoms with Gasteiger partial charge in [-0.15, -0.1) is 0 Å². The van der Waals surface area contributed by atoms with Crippen molar-refractivity contribution in [1.29, 1.82) is 0 Å². The van der Waals surface area contributed by atoms with Crippen LogP contribution in [0.1, 0.15) is 30.4 Å². The maximum absolute atomic E-state index is 12.2. The number of hydrogen-bond acceptors (Lipinski definition) is 4. The van der Waals surface area contributed by atoms with Gasteiger partial charge < -0.3 is 4.90 Å². The average Bonchev–Trinajstić information content (AvgIpc) is 2.39. The Kier molecular flexibility index (Phi) is 4.06. The molecular formula is C12H17N3O2S. The largest absolute Gasteiger partial charge is 0.336 e. The molecule has 0 atom stereocenters. The predicted molar refractivity (Wildman–Crippen MR) is 72.1 cm³/mol. The van der Waals surface area contributed by atoms with E-state index in [0.29, 0.717) is 5.69 Å². The normalized spacial score (nSPS) is 16.1. The van der Waals surface area contributed by atoms with Crippen LogP contribution in [0.15, 0.2) is 16.9 Å². The highest BCUT2D eigenvalue weighted by Gasteiger charge is 2.20. The number of thioether (sulfide) groups is 1. The summed E-state index contributed by atoms with van der Waals surface area (Å²) in [6.07, 6.45) is 0. The third-order valence-corrected chi connectivity index (χ3v) is 3.77. The van der Waals surface area contributed by atoms with Crippen molar-refractivity contribution in [2.24, 2.45) is 0 Å². The first-order valence-corrected chi connectivity index (χ1v) is 7.22. The Hall–Kier alpha value is -1.30. The van der Waals surface area contributed by atoms with Crippen LogP contribution in [0.3, 0.4) is 0 Å². The highest BCUT2D eigenvalue weighted by atomic mass is 32.2. The van der Waals surface area contributed by atoms with Gasteiger partial charge in [-0.05, 0) is 19.9 Å². The molecule has 1 aliphatic heterocycles. The zero-order chi connectivity index (χ0) is 13.1. The molecule has 0 N–H and O–H groups in total. The first-order chi connectivity index (χ1) is 8.59. The molecule has 0 unspecified atom stereocenters. The molecule has 1 amide bonds. The second kappa shape index (κ2) is 5.56. The fraction of sp³-hybridized carbons (Fsp3) is 0.583. The van der Waals surface area contributed by atoms with Crippen molar-refractivity contribution >= 4 is 17.7 Å². The van der Waals surface area contributed by atoms with E-state index in [1.807, 2.05) is 25.6 Å². The van der Waals surface area contributed by atoms with Crippen molar-refractivity contribution in [2.75, 3.05) is 24.6 Å². The fourth-order valence-electron chi connectivity index (χ4n) is 1.84. The fourth-order valence-corrected chi connectivity index (χ4v) is 2.74. The van der Waals surface area contributed by atoms with E-state index in [9.17, 15) is 9.59 Å².